The molecular formula is C16H17ClN2O4. The van der Waals surface area contributed by atoms with Crippen LogP contribution < -0.4 is 9.47 Å². The van der Waals surface area contributed by atoms with Gasteiger partial charge < -0.3 is 14.6 Å². The van der Waals surface area contributed by atoms with Gasteiger partial charge in [-0.25, -0.2) is 9.78 Å². The summed E-state index contributed by atoms with van der Waals surface area (Å²) in [6.45, 7) is 3.91. The zero-order valence-electron chi connectivity index (χ0n) is 13.1. The highest BCUT2D eigenvalue weighted by Crippen LogP contribution is 2.28. The molecule has 0 spiro atoms. The van der Waals surface area contributed by atoms with Crippen molar-refractivity contribution in [3.05, 3.63) is 45.9 Å². The first-order valence-electron chi connectivity index (χ1n) is 7.02. The van der Waals surface area contributed by atoms with E-state index in [1.165, 1.54) is 0 Å². The normalized spacial score (nSPS) is 10.4. The zero-order valence-corrected chi connectivity index (χ0v) is 13.8. The predicted molar refractivity (Wildman–Crippen MR) is 85.7 cm³/mol. The van der Waals surface area contributed by atoms with Crippen LogP contribution in [-0.2, 0) is 6.42 Å². The van der Waals surface area contributed by atoms with Crippen LogP contribution in [0.4, 0.5) is 0 Å². The molecule has 0 aliphatic carbocycles. The standard InChI is InChI=1S/C16H17ClN2O4/c1-4-23-15-12(9(2)18-14(19-15)16(20)21)7-10-5-6-11(22-3)8-13(10)17/h5-6,8H,4,7H2,1-3H3,(H,20,21). The topological polar surface area (TPSA) is 81.5 Å². The van der Waals surface area contributed by atoms with Gasteiger partial charge in [0, 0.05) is 22.7 Å². The van der Waals surface area contributed by atoms with E-state index >= 15 is 0 Å². The molecule has 6 nitrogen and oxygen atoms in total. The van der Waals surface area contributed by atoms with Crippen LogP contribution in [-0.4, -0.2) is 34.8 Å². The lowest BCUT2D eigenvalue weighted by molar-refractivity contribution is 0.0681. The van der Waals surface area contributed by atoms with Gasteiger partial charge in [-0.2, -0.15) is 4.98 Å². The summed E-state index contributed by atoms with van der Waals surface area (Å²) in [6.07, 6.45) is 0.434. The number of methoxy groups -OCH3 is 1. The second kappa shape index (κ2) is 7.28. The molecule has 0 aliphatic rings. The van der Waals surface area contributed by atoms with Gasteiger partial charge in [0.25, 0.3) is 0 Å². The second-order valence-electron chi connectivity index (χ2n) is 4.79. The Balaban J connectivity index is 2.44. The molecule has 122 valence electrons. The summed E-state index contributed by atoms with van der Waals surface area (Å²) in [5, 5.41) is 9.62. The second-order valence-corrected chi connectivity index (χ2v) is 5.20. The maximum Gasteiger partial charge on any atom is 0.374 e. The van der Waals surface area contributed by atoms with Crippen molar-refractivity contribution < 1.29 is 19.4 Å². The largest absolute Gasteiger partial charge is 0.497 e. The van der Waals surface area contributed by atoms with Gasteiger partial charge in [0.05, 0.1) is 13.7 Å². The predicted octanol–water partition coefficient (Wildman–Crippen LogP) is 3.13. The number of hydrogen-bond acceptors (Lipinski definition) is 5. The van der Waals surface area contributed by atoms with Gasteiger partial charge in [0.15, 0.2) is 0 Å². The first-order valence-corrected chi connectivity index (χ1v) is 7.40. The third-order valence-corrected chi connectivity index (χ3v) is 3.63. The smallest absolute Gasteiger partial charge is 0.374 e. The van der Waals surface area contributed by atoms with Crippen molar-refractivity contribution in [1.82, 2.24) is 9.97 Å². The van der Waals surface area contributed by atoms with E-state index in [9.17, 15) is 4.79 Å². The third-order valence-electron chi connectivity index (χ3n) is 3.28. The summed E-state index contributed by atoms with van der Waals surface area (Å²) in [6, 6.07) is 5.38. The van der Waals surface area contributed by atoms with E-state index in [-0.39, 0.29) is 11.7 Å². The molecule has 1 heterocycles. The molecule has 1 N–H and O–H groups in total. The Bertz CT molecular complexity index is 734. The minimum Gasteiger partial charge on any atom is -0.497 e. The Kier molecular flexibility index (Phi) is 5.39. The molecule has 2 aromatic rings. The van der Waals surface area contributed by atoms with Crippen LogP contribution in [0.25, 0.3) is 0 Å². The molecule has 0 unspecified atom stereocenters. The van der Waals surface area contributed by atoms with Crippen molar-refractivity contribution in [3.63, 3.8) is 0 Å². The van der Waals surface area contributed by atoms with Gasteiger partial charge in [-0.05, 0) is 31.5 Å². The van der Waals surface area contributed by atoms with Gasteiger partial charge in [0.2, 0.25) is 11.7 Å². The van der Waals surface area contributed by atoms with Gasteiger partial charge in [0.1, 0.15) is 5.75 Å². The summed E-state index contributed by atoms with van der Waals surface area (Å²) < 4.78 is 10.6. The molecule has 0 saturated heterocycles. The van der Waals surface area contributed by atoms with Gasteiger partial charge >= 0.3 is 5.97 Å². The number of hydrogen-bond donors (Lipinski definition) is 1. The van der Waals surface area contributed by atoms with Crippen LogP contribution >= 0.6 is 11.6 Å². The Morgan fingerprint density at radius 3 is 2.65 bits per heavy atom. The fraction of sp³-hybridized carbons (Fsp3) is 0.312. The van der Waals surface area contributed by atoms with E-state index < -0.39 is 5.97 Å². The summed E-state index contributed by atoms with van der Waals surface area (Å²) in [4.78, 5) is 19.1. The van der Waals surface area contributed by atoms with Gasteiger partial charge in [-0.1, -0.05) is 17.7 Å². The van der Waals surface area contributed by atoms with E-state index in [0.717, 1.165) is 5.56 Å². The minimum absolute atomic E-state index is 0.268. The number of aryl methyl sites for hydroxylation is 1. The van der Waals surface area contributed by atoms with Gasteiger partial charge in [-0.3, -0.25) is 0 Å². The molecule has 0 amide bonds. The first-order chi connectivity index (χ1) is 11.0. The number of carboxylic acids is 1. The minimum atomic E-state index is -1.19. The van der Waals surface area contributed by atoms with Crippen LogP contribution in [0.15, 0.2) is 18.2 Å². The summed E-state index contributed by atoms with van der Waals surface area (Å²) in [5.41, 5.74) is 2.11. The molecule has 0 radical (unpaired) electrons. The molecule has 0 aliphatic heterocycles. The molecule has 0 fully saturated rings. The monoisotopic (exact) mass is 336 g/mol. The summed E-state index contributed by atoms with van der Waals surface area (Å²) in [7, 11) is 1.57. The highest BCUT2D eigenvalue weighted by atomic mass is 35.5. The molecule has 7 heteroatoms. The number of carbonyl (C=O) groups is 1. The summed E-state index contributed by atoms with van der Waals surface area (Å²) >= 11 is 6.27. The lowest BCUT2D eigenvalue weighted by Crippen LogP contribution is -2.11. The van der Waals surface area contributed by atoms with Crippen LogP contribution in [0.5, 0.6) is 11.6 Å². The fourth-order valence-corrected chi connectivity index (χ4v) is 2.35. The summed E-state index contributed by atoms with van der Waals surface area (Å²) in [5.74, 6) is -0.541. The SMILES string of the molecule is CCOc1nc(C(=O)O)nc(C)c1Cc1ccc(OC)cc1Cl. The van der Waals surface area contributed by atoms with E-state index in [1.54, 1.807) is 20.1 Å². The van der Waals surface area contributed by atoms with Gasteiger partial charge in [-0.15, -0.1) is 0 Å². The molecule has 0 atom stereocenters. The number of ether oxygens (including phenoxy) is 2. The van der Waals surface area contributed by atoms with E-state index in [0.29, 0.717) is 35.1 Å². The molecule has 0 bridgehead atoms. The van der Waals surface area contributed by atoms with E-state index in [2.05, 4.69) is 9.97 Å². The van der Waals surface area contributed by atoms with Crippen LogP contribution in [0.2, 0.25) is 5.02 Å². The lowest BCUT2D eigenvalue weighted by Gasteiger charge is -2.13. The van der Waals surface area contributed by atoms with Crippen molar-refractivity contribution in [3.8, 4) is 11.6 Å². The molecule has 1 aromatic carbocycles. The number of nitrogens with zero attached hydrogens (tertiary/aromatic N) is 2. The Hall–Kier alpha value is -2.34. The maximum absolute atomic E-state index is 11.1. The number of aromatic carboxylic acids is 1. The quantitative estimate of drug-likeness (QED) is 0.872. The number of aromatic nitrogens is 2. The highest BCUT2D eigenvalue weighted by molar-refractivity contribution is 6.31. The Labute approximate surface area is 139 Å². The van der Waals surface area contributed by atoms with Crippen LogP contribution in [0, 0.1) is 6.92 Å². The van der Waals surface area contributed by atoms with Crippen molar-refractivity contribution >= 4 is 17.6 Å². The molecule has 0 saturated carbocycles. The molecule has 2 rings (SSSR count). The van der Waals surface area contributed by atoms with E-state index in [1.807, 2.05) is 19.1 Å². The number of rotatable bonds is 6. The number of carboxylic acid groups (broad SMARTS) is 1. The van der Waals surface area contributed by atoms with Crippen molar-refractivity contribution in [1.29, 1.82) is 0 Å². The third kappa shape index (κ3) is 3.90. The molecular weight excluding hydrogens is 320 g/mol. The number of halogens is 1. The van der Waals surface area contributed by atoms with Crippen molar-refractivity contribution in [2.75, 3.05) is 13.7 Å². The Morgan fingerprint density at radius 2 is 2.09 bits per heavy atom. The fourth-order valence-electron chi connectivity index (χ4n) is 2.11. The zero-order chi connectivity index (χ0) is 17.0. The maximum atomic E-state index is 11.1. The van der Waals surface area contributed by atoms with Crippen LogP contribution in [0.1, 0.15) is 34.4 Å². The van der Waals surface area contributed by atoms with Crippen molar-refractivity contribution in [2.45, 2.75) is 20.3 Å². The lowest BCUT2D eigenvalue weighted by atomic mass is 10.0. The average Bonchev–Trinajstić information content (AvgIpc) is 2.51. The van der Waals surface area contributed by atoms with Crippen LogP contribution in [0.3, 0.4) is 0 Å². The molecule has 23 heavy (non-hydrogen) atoms. The van der Waals surface area contributed by atoms with E-state index in [4.69, 9.17) is 26.2 Å². The average molecular weight is 337 g/mol. The number of benzene rings is 1. The van der Waals surface area contributed by atoms with Crippen molar-refractivity contribution in [2.24, 2.45) is 0 Å². The Morgan fingerprint density at radius 1 is 1.35 bits per heavy atom. The first kappa shape index (κ1) is 17.0. The molecule has 1 aromatic heterocycles. The highest BCUT2D eigenvalue weighted by Gasteiger charge is 2.18.